The van der Waals surface area contributed by atoms with Gasteiger partial charge in [0.05, 0.1) is 33.4 Å². The van der Waals surface area contributed by atoms with Gasteiger partial charge in [0.25, 0.3) is 0 Å². The molecule has 0 aliphatic rings. The summed E-state index contributed by atoms with van der Waals surface area (Å²) in [7, 11) is 6.03. The molecule has 0 saturated heterocycles. The lowest BCUT2D eigenvalue weighted by molar-refractivity contribution is -0.385. The van der Waals surface area contributed by atoms with Crippen molar-refractivity contribution in [3.05, 3.63) is 51.6 Å². The maximum absolute atomic E-state index is 10.9. The maximum Gasteiger partial charge on any atom is 0.310 e. The summed E-state index contributed by atoms with van der Waals surface area (Å²) in [5.41, 5.74) is 1.51. The summed E-state index contributed by atoms with van der Waals surface area (Å²) in [6, 6.07) is 8.27. The fourth-order valence-corrected chi connectivity index (χ4v) is 2.34. The molecular weight excluding hydrogens is 326 g/mol. The van der Waals surface area contributed by atoms with Crippen molar-refractivity contribution in [3.8, 4) is 23.0 Å². The minimum atomic E-state index is -0.481. The van der Waals surface area contributed by atoms with E-state index in [9.17, 15) is 10.1 Å². The van der Waals surface area contributed by atoms with E-state index in [1.165, 1.54) is 13.2 Å². The average molecular weight is 345 g/mol. The minimum absolute atomic E-state index is 0.0764. The molecular formula is C18H19NO6. The molecule has 0 unspecified atom stereocenters. The van der Waals surface area contributed by atoms with Crippen LogP contribution in [0.4, 0.5) is 5.69 Å². The van der Waals surface area contributed by atoms with Gasteiger partial charge >= 0.3 is 5.69 Å². The van der Waals surface area contributed by atoms with Gasteiger partial charge in [0.15, 0.2) is 17.2 Å². The highest BCUT2D eigenvalue weighted by molar-refractivity contribution is 5.74. The van der Waals surface area contributed by atoms with Crippen LogP contribution >= 0.6 is 0 Å². The Morgan fingerprint density at radius 1 is 0.800 bits per heavy atom. The van der Waals surface area contributed by atoms with E-state index in [1.54, 1.807) is 45.6 Å². The Labute approximate surface area is 145 Å². The number of hydrogen-bond acceptors (Lipinski definition) is 6. The van der Waals surface area contributed by atoms with Crippen LogP contribution in [0, 0.1) is 10.1 Å². The van der Waals surface area contributed by atoms with Gasteiger partial charge in [0.2, 0.25) is 5.75 Å². The summed E-state index contributed by atoms with van der Waals surface area (Å²) in [5, 5.41) is 10.9. The number of benzene rings is 2. The van der Waals surface area contributed by atoms with Gasteiger partial charge in [-0.3, -0.25) is 10.1 Å². The molecule has 0 aromatic heterocycles. The molecule has 0 amide bonds. The Bertz CT molecular complexity index is 775. The summed E-state index contributed by atoms with van der Waals surface area (Å²) >= 11 is 0. The molecule has 0 aliphatic carbocycles. The maximum atomic E-state index is 10.9. The van der Waals surface area contributed by atoms with E-state index >= 15 is 0 Å². The molecule has 0 heterocycles. The number of ether oxygens (including phenoxy) is 4. The molecule has 0 aliphatic heterocycles. The molecule has 2 rings (SSSR count). The van der Waals surface area contributed by atoms with Crippen molar-refractivity contribution in [1.82, 2.24) is 0 Å². The highest BCUT2D eigenvalue weighted by Gasteiger charge is 2.14. The van der Waals surface area contributed by atoms with Crippen molar-refractivity contribution in [2.24, 2.45) is 0 Å². The second kappa shape index (κ2) is 8.05. The Morgan fingerprint density at radius 3 is 1.80 bits per heavy atom. The first-order valence-electron chi connectivity index (χ1n) is 7.34. The third kappa shape index (κ3) is 4.00. The number of rotatable bonds is 7. The van der Waals surface area contributed by atoms with Crippen molar-refractivity contribution in [2.75, 3.05) is 28.4 Å². The van der Waals surface area contributed by atoms with Gasteiger partial charge in [0.1, 0.15) is 0 Å². The second-order valence-corrected chi connectivity index (χ2v) is 4.98. The number of hydrogen-bond donors (Lipinski definition) is 0. The molecule has 0 N–H and O–H groups in total. The molecule has 0 bridgehead atoms. The highest BCUT2D eigenvalue weighted by atomic mass is 16.6. The molecule has 0 saturated carbocycles. The van der Waals surface area contributed by atoms with Crippen LogP contribution in [-0.4, -0.2) is 33.4 Å². The number of nitrogens with zero attached hydrogens (tertiary/aromatic N) is 1. The zero-order chi connectivity index (χ0) is 18.4. The lowest BCUT2D eigenvalue weighted by Gasteiger charge is -2.12. The normalized spacial score (nSPS) is 10.6. The third-order valence-electron chi connectivity index (χ3n) is 3.56. The van der Waals surface area contributed by atoms with Crippen molar-refractivity contribution >= 4 is 17.8 Å². The predicted molar refractivity (Wildman–Crippen MR) is 94.7 cm³/mol. The first kappa shape index (κ1) is 18.1. The lowest BCUT2D eigenvalue weighted by Crippen LogP contribution is -1.95. The second-order valence-electron chi connectivity index (χ2n) is 4.98. The molecule has 7 nitrogen and oxygen atoms in total. The van der Waals surface area contributed by atoms with Crippen LogP contribution < -0.4 is 18.9 Å². The standard InChI is InChI=1S/C18H19NO6/c1-22-15-9-12(7-8-14(15)19(20)21)5-6-13-10-16(23-2)18(25-4)17(11-13)24-3/h5-11H,1-4H3. The average Bonchev–Trinajstić information content (AvgIpc) is 2.64. The summed E-state index contributed by atoms with van der Waals surface area (Å²) in [4.78, 5) is 10.5. The van der Waals surface area contributed by atoms with Crippen LogP contribution in [0.15, 0.2) is 30.3 Å². The van der Waals surface area contributed by atoms with E-state index in [0.717, 1.165) is 11.1 Å². The Balaban J connectivity index is 2.37. The summed E-state index contributed by atoms with van der Waals surface area (Å²) < 4.78 is 21.0. The van der Waals surface area contributed by atoms with Crippen molar-refractivity contribution in [1.29, 1.82) is 0 Å². The Kier molecular flexibility index (Phi) is 5.84. The zero-order valence-corrected chi connectivity index (χ0v) is 14.4. The number of nitro groups is 1. The van der Waals surface area contributed by atoms with Crippen LogP contribution in [0.2, 0.25) is 0 Å². The molecule has 132 valence electrons. The molecule has 2 aromatic rings. The number of nitro benzene ring substituents is 1. The molecule has 0 spiro atoms. The molecule has 0 radical (unpaired) electrons. The SMILES string of the molecule is COc1cc(C=Cc2cc(OC)c(OC)c(OC)c2)ccc1[N+](=O)[O-]. The summed E-state index contributed by atoms with van der Waals surface area (Å²) in [6.07, 6.45) is 3.65. The molecule has 7 heteroatoms. The highest BCUT2D eigenvalue weighted by Crippen LogP contribution is 2.38. The smallest absolute Gasteiger partial charge is 0.310 e. The van der Waals surface area contributed by atoms with Crippen molar-refractivity contribution in [2.45, 2.75) is 0 Å². The van der Waals surface area contributed by atoms with Crippen LogP contribution in [0.1, 0.15) is 11.1 Å². The first-order valence-corrected chi connectivity index (χ1v) is 7.34. The molecule has 0 atom stereocenters. The Hall–Kier alpha value is -3.22. The molecule has 0 fully saturated rings. The van der Waals surface area contributed by atoms with Crippen LogP contribution in [0.5, 0.6) is 23.0 Å². The van der Waals surface area contributed by atoms with Crippen molar-refractivity contribution in [3.63, 3.8) is 0 Å². The third-order valence-corrected chi connectivity index (χ3v) is 3.56. The summed E-state index contributed by atoms with van der Waals surface area (Å²) in [6.45, 7) is 0. The topological polar surface area (TPSA) is 80.1 Å². The van der Waals surface area contributed by atoms with E-state index in [1.807, 2.05) is 12.2 Å². The van der Waals surface area contributed by atoms with E-state index in [4.69, 9.17) is 18.9 Å². The van der Waals surface area contributed by atoms with E-state index in [2.05, 4.69) is 0 Å². The van der Waals surface area contributed by atoms with Gasteiger partial charge in [-0.05, 0) is 35.4 Å². The zero-order valence-electron chi connectivity index (χ0n) is 14.4. The fraction of sp³-hybridized carbons (Fsp3) is 0.222. The lowest BCUT2D eigenvalue weighted by atomic mass is 10.1. The molecule has 2 aromatic carbocycles. The van der Waals surface area contributed by atoms with Gasteiger partial charge in [-0.1, -0.05) is 12.2 Å². The van der Waals surface area contributed by atoms with Crippen LogP contribution in [0.3, 0.4) is 0 Å². The van der Waals surface area contributed by atoms with Gasteiger partial charge in [-0.2, -0.15) is 0 Å². The Morgan fingerprint density at radius 2 is 1.32 bits per heavy atom. The predicted octanol–water partition coefficient (Wildman–Crippen LogP) is 3.80. The quantitative estimate of drug-likeness (QED) is 0.431. The van der Waals surface area contributed by atoms with Gasteiger partial charge in [-0.15, -0.1) is 0 Å². The largest absolute Gasteiger partial charge is 0.493 e. The van der Waals surface area contributed by atoms with Crippen molar-refractivity contribution < 1.29 is 23.9 Å². The van der Waals surface area contributed by atoms with Crippen LogP contribution in [-0.2, 0) is 0 Å². The fourth-order valence-electron chi connectivity index (χ4n) is 2.34. The molecule has 25 heavy (non-hydrogen) atoms. The van der Waals surface area contributed by atoms with Gasteiger partial charge in [-0.25, -0.2) is 0 Å². The minimum Gasteiger partial charge on any atom is -0.493 e. The van der Waals surface area contributed by atoms with E-state index in [-0.39, 0.29) is 11.4 Å². The van der Waals surface area contributed by atoms with Gasteiger partial charge < -0.3 is 18.9 Å². The first-order chi connectivity index (χ1) is 12.0. The summed E-state index contributed by atoms with van der Waals surface area (Å²) in [5.74, 6) is 1.81. The van der Waals surface area contributed by atoms with Crippen LogP contribution in [0.25, 0.3) is 12.2 Å². The van der Waals surface area contributed by atoms with Gasteiger partial charge in [0, 0.05) is 6.07 Å². The monoisotopic (exact) mass is 345 g/mol. The van der Waals surface area contributed by atoms with E-state index in [0.29, 0.717) is 17.2 Å². The number of methoxy groups -OCH3 is 4. The van der Waals surface area contributed by atoms with E-state index < -0.39 is 4.92 Å².